The Bertz CT molecular complexity index is 891. The smallest absolute Gasteiger partial charge is 0.237 e. The number of nitrogens with one attached hydrogen (secondary N) is 1. The molecule has 0 unspecified atom stereocenters. The van der Waals surface area contributed by atoms with Crippen LogP contribution in [0.15, 0.2) is 34.9 Å². The lowest BCUT2D eigenvalue weighted by molar-refractivity contribution is -0.122. The van der Waals surface area contributed by atoms with E-state index in [0.29, 0.717) is 11.6 Å². The number of benzene rings is 1. The number of hydrogen-bond acceptors (Lipinski definition) is 3. The van der Waals surface area contributed by atoms with Crippen molar-refractivity contribution in [1.82, 2.24) is 9.97 Å². The molecule has 0 saturated heterocycles. The van der Waals surface area contributed by atoms with Gasteiger partial charge in [-0.3, -0.25) is 4.79 Å². The van der Waals surface area contributed by atoms with Crippen molar-refractivity contribution in [3.63, 3.8) is 0 Å². The van der Waals surface area contributed by atoms with Crippen LogP contribution in [0.5, 0.6) is 0 Å². The molecule has 5 heteroatoms. The molecule has 0 atom stereocenters. The van der Waals surface area contributed by atoms with E-state index in [1.54, 1.807) is 6.26 Å². The number of H-pyrrole nitrogens is 1. The number of furan rings is 1. The highest BCUT2D eigenvalue weighted by Crippen LogP contribution is 2.43. The van der Waals surface area contributed by atoms with E-state index in [1.807, 2.05) is 43.0 Å². The maximum atomic E-state index is 12.7. The van der Waals surface area contributed by atoms with Crippen molar-refractivity contribution in [1.29, 1.82) is 0 Å². The molecule has 2 aromatic heterocycles. The first-order chi connectivity index (χ1) is 11.0. The first-order valence-electron chi connectivity index (χ1n) is 7.92. The minimum atomic E-state index is -0.511. The molecule has 118 valence electrons. The Labute approximate surface area is 134 Å². The average molecular weight is 309 g/mol. The van der Waals surface area contributed by atoms with Crippen molar-refractivity contribution < 1.29 is 9.21 Å². The van der Waals surface area contributed by atoms with Gasteiger partial charge in [-0.1, -0.05) is 6.92 Å². The lowest BCUT2D eigenvalue weighted by Gasteiger charge is -2.19. The summed E-state index contributed by atoms with van der Waals surface area (Å²) in [6, 6.07) is 7.78. The molecule has 5 nitrogen and oxygen atoms in total. The third-order valence-corrected chi connectivity index (χ3v) is 4.55. The molecule has 0 aliphatic carbocycles. The molecular weight excluding hydrogens is 290 g/mol. The number of anilines is 1. The van der Waals surface area contributed by atoms with Gasteiger partial charge in [0.2, 0.25) is 5.91 Å². The molecule has 0 spiro atoms. The predicted molar refractivity (Wildman–Crippen MR) is 89.5 cm³/mol. The number of carbonyl (C=O) groups excluding carboxylic acids is 1. The second kappa shape index (κ2) is 4.72. The Balaban J connectivity index is 1.90. The zero-order valence-electron chi connectivity index (χ0n) is 13.5. The fraction of sp³-hybridized carbons (Fsp3) is 0.333. The summed E-state index contributed by atoms with van der Waals surface area (Å²) in [5, 5.41) is 0. The number of aromatic nitrogens is 2. The van der Waals surface area contributed by atoms with Crippen molar-refractivity contribution in [3.05, 3.63) is 36.1 Å². The summed E-state index contributed by atoms with van der Waals surface area (Å²) >= 11 is 0. The zero-order valence-corrected chi connectivity index (χ0v) is 13.5. The molecule has 0 bridgehead atoms. The van der Waals surface area contributed by atoms with Crippen LogP contribution < -0.4 is 4.90 Å². The summed E-state index contributed by atoms with van der Waals surface area (Å²) in [6.45, 7) is 6.79. The quantitative estimate of drug-likeness (QED) is 0.799. The first kappa shape index (κ1) is 14.1. The number of rotatable bonds is 3. The number of aromatic amines is 1. The number of amides is 1. The van der Waals surface area contributed by atoms with Crippen LogP contribution in [-0.2, 0) is 10.2 Å². The van der Waals surface area contributed by atoms with E-state index in [9.17, 15) is 4.79 Å². The molecule has 1 aliphatic heterocycles. The molecule has 1 aromatic carbocycles. The van der Waals surface area contributed by atoms with Gasteiger partial charge in [-0.2, -0.15) is 0 Å². The van der Waals surface area contributed by atoms with Gasteiger partial charge in [0.25, 0.3) is 0 Å². The largest absolute Gasteiger partial charge is 0.461 e. The van der Waals surface area contributed by atoms with Crippen LogP contribution in [0.1, 0.15) is 32.8 Å². The third-order valence-electron chi connectivity index (χ3n) is 4.55. The minimum Gasteiger partial charge on any atom is -0.461 e. The molecule has 1 amide bonds. The Morgan fingerprint density at radius 2 is 2.17 bits per heavy atom. The van der Waals surface area contributed by atoms with Gasteiger partial charge in [0.15, 0.2) is 11.6 Å². The van der Waals surface area contributed by atoms with Crippen LogP contribution >= 0.6 is 0 Å². The van der Waals surface area contributed by atoms with E-state index >= 15 is 0 Å². The van der Waals surface area contributed by atoms with Gasteiger partial charge in [-0.15, -0.1) is 0 Å². The standard InChI is InChI=1S/C18H19N3O2/c1-4-7-21-14-10-13-12(9-11(14)18(2,3)17(21)22)19-16(20-13)15-6-5-8-23-15/h5-6,8-10H,4,7H2,1-3H3,(H,19,20). The minimum absolute atomic E-state index is 0.160. The molecule has 0 fully saturated rings. The molecule has 3 aromatic rings. The van der Waals surface area contributed by atoms with Gasteiger partial charge >= 0.3 is 0 Å². The molecule has 1 N–H and O–H groups in total. The predicted octanol–water partition coefficient (Wildman–Crippen LogP) is 3.86. The molecule has 23 heavy (non-hydrogen) atoms. The summed E-state index contributed by atoms with van der Waals surface area (Å²) in [5.41, 5.74) is 3.30. The van der Waals surface area contributed by atoms with Crippen LogP contribution in [0.3, 0.4) is 0 Å². The Morgan fingerprint density at radius 3 is 2.87 bits per heavy atom. The lowest BCUT2D eigenvalue weighted by atomic mass is 9.86. The second-order valence-electron chi connectivity index (χ2n) is 6.53. The van der Waals surface area contributed by atoms with Crippen molar-refractivity contribution in [2.45, 2.75) is 32.6 Å². The fourth-order valence-corrected chi connectivity index (χ4v) is 3.31. The van der Waals surface area contributed by atoms with Crippen LogP contribution in [0.2, 0.25) is 0 Å². The average Bonchev–Trinajstić information content (AvgIpc) is 3.21. The van der Waals surface area contributed by atoms with Gasteiger partial charge in [0.1, 0.15) is 0 Å². The van der Waals surface area contributed by atoms with E-state index in [2.05, 4.69) is 16.9 Å². The van der Waals surface area contributed by atoms with E-state index < -0.39 is 5.41 Å². The van der Waals surface area contributed by atoms with Crippen LogP contribution in [0.4, 0.5) is 5.69 Å². The second-order valence-corrected chi connectivity index (χ2v) is 6.53. The topological polar surface area (TPSA) is 62.1 Å². The van der Waals surface area contributed by atoms with Gasteiger partial charge in [0.05, 0.1) is 28.4 Å². The Morgan fingerprint density at radius 1 is 1.35 bits per heavy atom. The van der Waals surface area contributed by atoms with Crippen molar-refractivity contribution in [3.8, 4) is 11.6 Å². The summed E-state index contributed by atoms with van der Waals surface area (Å²) in [4.78, 5) is 22.5. The Kier molecular flexibility index (Phi) is 2.88. The van der Waals surface area contributed by atoms with Gasteiger partial charge in [0, 0.05) is 6.54 Å². The first-order valence-corrected chi connectivity index (χ1v) is 7.92. The van der Waals surface area contributed by atoms with Crippen molar-refractivity contribution >= 4 is 22.6 Å². The molecule has 0 saturated carbocycles. The van der Waals surface area contributed by atoms with E-state index in [1.165, 1.54) is 0 Å². The molecule has 0 radical (unpaired) electrons. The highest BCUT2D eigenvalue weighted by molar-refractivity contribution is 6.09. The van der Waals surface area contributed by atoms with Gasteiger partial charge < -0.3 is 14.3 Å². The van der Waals surface area contributed by atoms with Gasteiger partial charge in [-0.05, 0) is 50.1 Å². The van der Waals surface area contributed by atoms with Crippen molar-refractivity contribution in [2.75, 3.05) is 11.4 Å². The van der Waals surface area contributed by atoms with Gasteiger partial charge in [-0.25, -0.2) is 4.98 Å². The molecular formula is C18H19N3O2. The van der Waals surface area contributed by atoms with E-state index in [0.717, 1.165) is 35.2 Å². The van der Waals surface area contributed by atoms with Crippen molar-refractivity contribution in [2.24, 2.45) is 0 Å². The summed E-state index contributed by atoms with van der Waals surface area (Å²) in [6.07, 6.45) is 2.56. The molecule has 1 aliphatic rings. The molecule has 4 rings (SSSR count). The summed E-state index contributed by atoms with van der Waals surface area (Å²) in [5.74, 6) is 1.58. The van der Waals surface area contributed by atoms with Crippen LogP contribution in [0, 0.1) is 0 Å². The highest BCUT2D eigenvalue weighted by Gasteiger charge is 2.43. The normalized spacial score (nSPS) is 16.3. The van der Waals surface area contributed by atoms with Crippen LogP contribution in [0.25, 0.3) is 22.6 Å². The fourth-order valence-electron chi connectivity index (χ4n) is 3.31. The van der Waals surface area contributed by atoms with Crippen LogP contribution in [-0.4, -0.2) is 22.4 Å². The summed E-state index contributed by atoms with van der Waals surface area (Å²) in [7, 11) is 0. The maximum absolute atomic E-state index is 12.7. The monoisotopic (exact) mass is 309 g/mol. The zero-order chi connectivity index (χ0) is 16.2. The number of hydrogen-bond donors (Lipinski definition) is 1. The SMILES string of the molecule is CCCN1C(=O)C(C)(C)c2cc3nc(-c4ccco4)[nH]c3cc21. The number of fused-ring (bicyclic) bond motifs is 2. The number of imidazole rings is 1. The third kappa shape index (κ3) is 1.92. The Hall–Kier alpha value is -2.56. The lowest BCUT2D eigenvalue weighted by Crippen LogP contribution is -2.36. The molecule has 3 heterocycles. The highest BCUT2D eigenvalue weighted by atomic mass is 16.3. The van der Waals surface area contributed by atoms with E-state index in [4.69, 9.17) is 4.42 Å². The summed E-state index contributed by atoms with van der Waals surface area (Å²) < 4.78 is 5.41. The number of nitrogens with zero attached hydrogens (tertiary/aromatic N) is 2. The maximum Gasteiger partial charge on any atom is 0.237 e. The number of carbonyl (C=O) groups is 1. The van der Waals surface area contributed by atoms with E-state index in [-0.39, 0.29) is 5.91 Å².